The molecular formula is C11H17NO5. The second-order valence-electron chi connectivity index (χ2n) is 4.85. The summed E-state index contributed by atoms with van der Waals surface area (Å²) in [6.45, 7) is -1.88. The highest BCUT2D eigenvalue weighted by atomic mass is 16.3. The van der Waals surface area contributed by atoms with Crippen LogP contribution in [0.15, 0.2) is 0 Å². The average molecular weight is 243 g/mol. The quantitative estimate of drug-likeness (QED) is 0.521. The van der Waals surface area contributed by atoms with Crippen molar-refractivity contribution in [1.29, 1.82) is 0 Å². The first-order valence-corrected chi connectivity index (χ1v) is 5.82. The van der Waals surface area contributed by atoms with E-state index in [0.29, 0.717) is 12.8 Å². The molecule has 6 heteroatoms. The predicted molar refractivity (Wildman–Crippen MR) is 56.7 cm³/mol. The molecule has 2 fully saturated rings. The molecule has 2 atom stereocenters. The van der Waals surface area contributed by atoms with Gasteiger partial charge in [-0.25, -0.2) is 0 Å². The molecule has 17 heavy (non-hydrogen) atoms. The van der Waals surface area contributed by atoms with Crippen molar-refractivity contribution in [2.24, 2.45) is 11.8 Å². The fourth-order valence-electron chi connectivity index (χ4n) is 2.82. The van der Waals surface area contributed by atoms with Crippen molar-refractivity contribution >= 4 is 11.8 Å². The van der Waals surface area contributed by atoms with Crippen molar-refractivity contribution < 1.29 is 24.9 Å². The lowest BCUT2D eigenvalue weighted by atomic mass is 10.00. The zero-order valence-electron chi connectivity index (χ0n) is 9.50. The predicted octanol–water partition coefficient (Wildman–Crippen LogP) is -1.51. The number of fused-ring (bicyclic) bond motifs is 1. The van der Waals surface area contributed by atoms with Crippen molar-refractivity contribution in [2.45, 2.75) is 24.8 Å². The Morgan fingerprint density at radius 2 is 1.41 bits per heavy atom. The van der Waals surface area contributed by atoms with Crippen molar-refractivity contribution in [1.82, 2.24) is 4.90 Å². The summed E-state index contributed by atoms with van der Waals surface area (Å²) in [7, 11) is 0. The van der Waals surface area contributed by atoms with Crippen LogP contribution < -0.4 is 0 Å². The van der Waals surface area contributed by atoms with Crippen molar-refractivity contribution in [3.05, 3.63) is 0 Å². The lowest BCUT2D eigenvalue weighted by Crippen LogP contribution is -2.60. The third-order valence-electron chi connectivity index (χ3n) is 3.95. The number of amides is 2. The summed E-state index contributed by atoms with van der Waals surface area (Å²) in [6, 6.07) is 0. The Kier molecular flexibility index (Phi) is 3.20. The fraction of sp³-hybridized carbons (Fsp3) is 0.818. The number of aliphatic hydroxyl groups excluding tert-OH is 3. The summed E-state index contributed by atoms with van der Waals surface area (Å²) >= 11 is 0. The van der Waals surface area contributed by atoms with E-state index in [-0.39, 0.29) is 23.7 Å². The zero-order valence-corrected chi connectivity index (χ0v) is 9.50. The molecule has 0 spiro atoms. The molecule has 6 nitrogen and oxygen atoms in total. The normalized spacial score (nSPS) is 29.0. The van der Waals surface area contributed by atoms with E-state index in [1.165, 1.54) is 0 Å². The van der Waals surface area contributed by atoms with Gasteiger partial charge in [-0.3, -0.25) is 14.5 Å². The molecule has 0 aromatic carbocycles. The summed E-state index contributed by atoms with van der Waals surface area (Å²) in [4.78, 5) is 25.1. The molecule has 1 aliphatic heterocycles. The Balaban J connectivity index is 2.33. The Bertz CT molecular complexity index is 308. The van der Waals surface area contributed by atoms with E-state index >= 15 is 0 Å². The molecule has 1 aliphatic carbocycles. The first-order chi connectivity index (χ1) is 8.11. The van der Waals surface area contributed by atoms with Gasteiger partial charge in [-0.15, -0.1) is 0 Å². The fourth-order valence-corrected chi connectivity index (χ4v) is 2.82. The molecule has 0 aromatic rings. The molecule has 96 valence electrons. The summed E-state index contributed by atoms with van der Waals surface area (Å²) in [6.07, 6.45) is 2.19. The molecule has 0 radical (unpaired) electrons. The highest BCUT2D eigenvalue weighted by molar-refractivity contribution is 6.06. The highest BCUT2D eigenvalue weighted by Gasteiger charge is 2.56. The van der Waals surface area contributed by atoms with Gasteiger partial charge in [0.15, 0.2) is 0 Å². The monoisotopic (exact) mass is 243 g/mol. The lowest BCUT2D eigenvalue weighted by Gasteiger charge is -2.36. The van der Waals surface area contributed by atoms with Gasteiger partial charge in [-0.1, -0.05) is 6.42 Å². The van der Waals surface area contributed by atoms with Crippen molar-refractivity contribution in [3.63, 3.8) is 0 Å². The minimum absolute atomic E-state index is 0.327. The molecule has 1 saturated heterocycles. The van der Waals surface area contributed by atoms with Gasteiger partial charge < -0.3 is 15.3 Å². The van der Waals surface area contributed by atoms with Crippen molar-refractivity contribution in [3.8, 4) is 0 Å². The van der Waals surface area contributed by atoms with Gasteiger partial charge in [0.2, 0.25) is 11.8 Å². The topological polar surface area (TPSA) is 98.1 Å². The first-order valence-electron chi connectivity index (χ1n) is 5.82. The Hall–Kier alpha value is -0.980. The van der Waals surface area contributed by atoms with Gasteiger partial charge in [-0.05, 0) is 12.8 Å². The number of hydrogen-bond donors (Lipinski definition) is 3. The summed E-state index contributed by atoms with van der Waals surface area (Å²) < 4.78 is 0. The number of rotatable bonds is 4. The number of carbonyl (C=O) groups is 2. The first kappa shape index (κ1) is 12.5. The van der Waals surface area contributed by atoms with Gasteiger partial charge in [0.1, 0.15) is 5.54 Å². The van der Waals surface area contributed by atoms with E-state index in [0.717, 1.165) is 11.3 Å². The van der Waals surface area contributed by atoms with E-state index in [4.69, 9.17) is 0 Å². The van der Waals surface area contributed by atoms with E-state index in [2.05, 4.69) is 0 Å². The number of nitrogens with zero attached hydrogens (tertiary/aromatic N) is 1. The van der Waals surface area contributed by atoms with Crippen LogP contribution in [-0.4, -0.2) is 57.4 Å². The van der Waals surface area contributed by atoms with Gasteiger partial charge in [0.25, 0.3) is 0 Å². The largest absolute Gasteiger partial charge is 0.394 e. The van der Waals surface area contributed by atoms with Gasteiger partial charge in [0, 0.05) is 0 Å². The van der Waals surface area contributed by atoms with E-state index in [1.807, 2.05) is 0 Å². The number of hydrogen-bond acceptors (Lipinski definition) is 5. The van der Waals surface area contributed by atoms with Crippen LogP contribution in [0.5, 0.6) is 0 Å². The molecule has 2 unspecified atom stereocenters. The smallest absolute Gasteiger partial charge is 0.233 e. The SMILES string of the molecule is O=C1C2CCCC2C(=O)N1C(CO)(CO)CO. The minimum atomic E-state index is -1.56. The van der Waals surface area contributed by atoms with Gasteiger partial charge in [-0.2, -0.15) is 0 Å². The van der Waals surface area contributed by atoms with Crippen LogP contribution in [0.4, 0.5) is 0 Å². The molecule has 2 aliphatic rings. The molecule has 0 bridgehead atoms. The Labute approximate surface area is 98.8 Å². The maximum Gasteiger partial charge on any atom is 0.233 e. The van der Waals surface area contributed by atoms with Crippen LogP contribution in [-0.2, 0) is 9.59 Å². The number of likely N-dealkylation sites (tertiary alicyclic amines) is 1. The Morgan fingerprint density at radius 1 is 1.00 bits per heavy atom. The van der Waals surface area contributed by atoms with Crippen LogP contribution in [0.1, 0.15) is 19.3 Å². The van der Waals surface area contributed by atoms with Gasteiger partial charge >= 0.3 is 0 Å². The highest BCUT2D eigenvalue weighted by Crippen LogP contribution is 2.42. The summed E-state index contributed by atoms with van der Waals surface area (Å²) in [5.74, 6) is -1.39. The Morgan fingerprint density at radius 3 is 1.76 bits per heavy atom. The second kappa shape index (κ2) is 4.36. The number of carbonyl (C=O) groups excluding carboxylic acids is 2. The number of imide groups is 1. The third-order valence-corrected chi connectivity index (χ3v) is 3.95. The average Bonchev–Trinajstić information content (AvgIpc) is 2.91. The van der Waals surface area contributed by atoms with Gasteiger partial charge in [0.05, 0.1) is 31.7 Å². The molecule has 3 N–H and O–H groups in total. The molecule has 2 rings (SSSR count). The molecule has 2 amide bonds. The molecule has 0 aromatic heterocycles. The van der Waals surface area contributed by atoms with Crippen molar-refractivity contribution in [2.75, 3.05) is 19.8 Å². The zero-order chi connectivity index (χ0) is 12.6. The van der Waals surface area contributed by atoms with Crippen LogP contribution in [0.2, 0.25) is 0 Å². The van der Waals surface area contributed by atoms with Crippen LogP contribution in [0, 0.1) is 11.8 Å². The van der Waals surface area contributed by atoms with E-state index < -0.39 is 25.4 Å². The third kappa shape index (κ3) is 1.59. The second-order valence-corrected chi connectivity index (χ2v) is 4.85. The van der Waals surface area contributed by atoms with Crippen LogP contribution >= 0.6 is 0 Å². The maximum atomic E-state index is 12.1. The number of aliphatic hydroxyl groups is 3. The van der Waals surface area contributed by atoms with Crippen LogP contribution in [0.25, 0.3) is 0 Å². The maximum absolute atomic E-state index is 12.1. The lowest BCUT2D eigenvalue weighted by molar-refractivity contribution is -0.155. The standard InChI is InChI=1S/C11H17NO5/c13-4-11(5-14,6-15)12-9(16)7-2-1-3-8(7)10(12)17/h7-8,13-15H,1-6H2. The van der Waals surface area contributed by atoms with E-state index in [1.54, 1.807) is 0 Å². The molecule has 1 heterocycles. The molecular weight excluding hydrogens is 226 g/mol. The van der Waals surface area contributed by atoms with Crippen LogP contribution in [0.3, 0.4) is 0 Å². The minimum Gasteiger partial charge on any atom is -0.394 e. The summed E-state index contributed by atoms with van der Waals surface area (Å²) in [5, 5.41) is 27.8. The summed E-state index contributed by atoms with van der Waals surface area (Å²) in [5.41, 5.74) is -1.56. The molecule has 1 saturated carbocycles. The van der Waals surface area contributed by atoms with E-state index in [9.17, 15) is 24.9 Å².